The molecule has 0 unspecified atom stereocenters. The van der Waals surface area contributed by atoms with Crippen molar-refractivity contribution in [2.24, 2.45) is 0 Å². The zero-order chi connectivity index (χ0) is 4.28. The molecular formula is C3H3F2. The fourth-order valence-electron chi connectivity index (χ4n) is 0. The van der Waals surface area contributed by atoms with Crippen LogP contribution in [-0.4, -0.2) is 0 Å². The molecule has 0 aromatic heterocycles. The van der Waals surface area contributed by atoms with E-state index in [1.165, 1.54) is 0 Å². The van der Waals surface area contributed by atoms with Crippen molar-refractivity contribution in [3.63, 3.8) is 0 Å². The highest BCUT2D eigenvalue weighted by Gasteiger charge is 1.71. The molecule has 0 nitrogen and oxygen atoms in total. The van der Waals surface area contributed by atoms with E-state index in [4.69, 9.17) is 0 Å². The average Bonchev–Trinajstić information content (AvgIpc) is 1.38. The maximum atomic E-state index is 10.8. The zero-order valence-electron chi connectivity index (χ0n) is 2.54. The van der Waals surface area contributed by atoms with Crippen molar-refractivity contribution in [3.05, 3.63) is 19.1 Å². The lowest BCUT2D eigenvalue weighted by Crippen LogP contribution is -1.47. The van der Waals surface area contributed by atoms with Crippen LogP contribution in [0.5, 0.6) is 0 Å². The first kappa shape index (κ1) is 4.60. The summed E-state index contributed by atoms with van der Waals surface area (Å²) in [5.74, 6) is -1.04. The second kappa shape index (κ2) is 1.88. The van der Waals surface area contributed by atoms with E-state index in [2.05, 4.69) is 6.92 Å². The van der Waals surface area contributed by atoms with E-state index in [9.17, 15) is 8.78 Å². The Kier molecular flexibility index (Phi) is 1.73. The normalized spacial score (nSPS) is 12.2. The van der Waals surface area contributed by atoms with Gasteiger partial charge in [-0.1, -0.05) is 0 Å². The van der Waals surface area contributed by atoms with Gasteiger partial charge in [-0.25, -0.2) is 8.78 Å². The van der Waals surface area contributed by atoms with Crippen molar-refractivity contribution in [2.75, 3.05) is 0 Å². The summed E-state index contributed by atoms with van der Waals surface area (Å²) >= 11 is 0. The maximum absolute atomic E-state index is 10.8. The molecule has 0 fully saturated rings. The van der Waals surface area contributed by atoms with E-state index in [0.29, 0.717) is 0 Å². The lowest BCUT2D eigenvalue weighted by atomic mass is 10.7. The fraction of sp³-hybridized carbons (Fsp3) is 0. The topological polar surface area (TPSA) is 0 Å². The van der Waals surface area contributed by atoms with Crippen LogP contribution in [0.15, 0.2) is 12.2 Å². The molecule has 0 aromatic rings. The molecule has 2 heteroatoms. The molecule has 0 saturated heterocycles. The highest BCUT2D eigenvalue weighted by Crippen LogP contribution is 1.88. The second-order valence-corrected chi connectivity index (χ2v) is 0.556. The Bertz CT molecular complexity index is 42.9. The summed E-state index contributed by atoms with van der Waals surface area (Å²) in [6.07, 6.45) is -0.194. The molecule has 0 aliphatic heterocycles. The Labute approximate surface area is 29.1 Å². The molecule has 29 valence electrons. The van der Waals surface area contributed by atoms with Gasteiger partial charge in [0, 0.05) is 6.92 Å². The van der Waals surface area contributed by atoms with Crippen molar-refractivity contribution in [1.29, 1.82) is 0 Å². The highest BCUT2D eigenvalue weighted by atomic mass is 19.2. The largest absolute Gasteiger partial charge is 0.213 e. The SMILES string of the molecule is [CH2]/C(F)=C/F. The van der Waals surface area contributed by atoms with Crippen LogP contribution in [0.3, 0.4) is 0 Å². The van der Waals surface area contributed by atoms with Crippen LogP contribution in [0.1, 0.15) is 0 Å². The lowest BCUT2D eigenvalue weighted by Gasteiger charge is -1.64. The summed E-state index contributed by atoms with van der Waals surface area (Å²) in [4.78, 5) is 0. The quantitative estimate of drug-likeness (QED) is 0.412. The summed E-state index contributed by atoms with van der Waals surface area (Å²) in [6.45, 7) is 2.58. The maximum Gasteiger partial charge on any atom is 0.128 e. The van der Waals surface area contributed by atoms with Gasteiger partial charge in [0.1, 0.15) is 12.2 Å². The van der Waals surface area contributed by atoms with E-state index >= 15 is 0 Å². The standard InChI is InChI=1S/C3H3F2/c1-3(5)2-4/h2H,1H2/b3-2-. The minimum atomic E-state index is -1.04. The van der Waals surface area contributed by atoms with Gasteiger partial charge in [0.05, 0.1) is 0 Å². The van der Waals surface area contributed by atoms with Gasteiger partial charge in [-0.15, -0.1) is 0 Å². The second-order valence-electron chi connectivity index (χ2n) is 0.556. The summed E-state index contributed by atoms with van der Waals surface area (Å²) in [7, 11) is 0. The first-order valence-electron chi connectivity index (χ1n) is 1.05. The van der Waals surface area contributed by atoms with Crippen LogP contribution in [0.2, 0.25) is 0 Å². The van der Waals surface area contributed by atoms with Gasteiger partial charge in [0.25, 0.3) is 0 Å². The van der Waals surface area contributed by atoms with Crippen LogP contribution in [0.25, 0.3) is 0 Å². The Morgan fingerprint density at radius 2 is 2.00 bits per heavy atom. The Balaban J connectivity index is 3.14. The molecule has 0 aromatic carbocycles. The third kappa shape index (κ3) is 3.60. The number of halogens is 2. The third-order valence-electron chi connectivity index (χ3n) is 0.118. The van der Waals surface area contributed by atoms with Gasteiger partial charge in [0.2, 0.25) is 0 Å². The van der Waals surface area contributed by atoms with E-state index < -0.39 is 5.83 Å². The Morgan fingerprint density at radius 1 is 1.80 bits per heavy atom. The van der Waals surface area contributed by atoms with E-state index in [-0.39, 0.29) is 6.33 Å². The van der Waals surface area contributed by atoms with Crippen molar-refractivity contribution >= 4 is 0 Å². The molecule has 0 saturated carbocycles. The first-order valence-corrected chi connectivity index (χ1v) is 1.05. The third-order valence-corrected chi connectivity index (χ3v) is 0.118. The molecule has 0 aliphatic carbocycles. The minimum absolute atomic E-state index is 0.194. The molecule has 1 radical (unpaired) electrons. The fourth-order valence-corrected chi connectivity index (χ4v) is 0. The molecule has 5 heavy (non-hydrogen) atoms. The van der Waals surface area contributed by atoms with Crippen LogP contribution in [0, 0.1) is 6.92 Å². The molecule has 0 amide bonds. The summed E-state index contributed by atoms with van der Waals surface area (Å²) in [5, 5.41) is 0. The van der Waals surface area contributed by atoms with Gasteiger partial charge in [-0.05, 0) is 0 Å². The average molecular weight is 77.1 g/mol. The van der Waals surface area contributed by atoms with Crippen LogP contribution in [-0.2, 0) is 0 Å². The minimum Gasteiger partial charge on any atom is -0.213 e. The monoisotopic (exact) mass is 77.0 g/mol. The van der Waals surface area contributed by atoms with Gasteiger partial charge >= 0.3 is 0 Å². The van der Waals surface area contributed by atoms with Gasteiger partial charge in [-0.2, -0.15) is 0 Å². The molecule has 0 bridgehead atoms. The van der Waals surface area contributed by atoms with Crippen molar-refractivity contribution < 1.29 is 8.78 Å². The van der Waals surface area contributed by atoms with Gasteiger partial charge in [0.15, 0.2) is 0 Å². The first-order chi connectivity index (χ1) is 2.27. The number of allylic oxidation sites excluding steroid dienone is 1. The van der Waals surface area contributed by atoms with E-state index in [0.717, 1.165) is 0 Å². The molecule has 0 heterocycles. The molecule has 0 rings (SSSR count). The molecule has 0 aliphatic rings. The van der Waals surface area contributed by atoms with Crippen molar-refractivity contribution in [1.82, 2.24) is 0 Å². The van der Waals surface area contributed by atoms with E-state index in [1.54, 1.807) is 0 Å². The molecule has 0 spiro atoms. The summed E-state index contributed by atoms with van der Waals surface area (Å²) < 4.78 is 21.3. The van der Waals surface area contributed by atoms with E-state index in [1.807, 2.05) is 0 Å². The predicted molar refractivity (Wildman–Crippen MR) is 15.7 cm³/mol. The summed E-state index contributed by atoms with van der Waals surface area (Å²) in [5.41, 5.74) is 0. The highest BCUT2D eigenvalue weighted by molar-refractivity contribution is 4.86. The Hall–Kier alpha value is -0.400. The number of hydrogen-bond donors (Lipinski definition) is 0. The Morgan fingerprint density at radius 3 is 2.00 bits per heavy atom. The zero-order valence-corrected chi connectivity index (χ0v) is 2.54. The number of rotatable bonds is 0. The number of hydrogen-bond acceptors (Lipinski definition) is 0. The lowest BCUT2D eigenvalue weighted by molar-refractivity contribution is 0.605. The smallest absolute Gasteiger partial charge is 0.128 e. The predicted octanol–water partition coefficient (Wildman–Crippen LogP) is 1.60. The van der Waals surface area contributed by atoms with Crippen LogP contribution in [0.4, 0.5) is 8.78 Å². The van der Waals surface area contributed by atoms with Crippen LogP contribution >= 0.6 is 0 Å². The van der Waals surface area contributed by atoms with Gasteiger partial charge < -0.3 is 0 Å². The molecule has 0 atom stereocenters. The van der Waals surface area contributed by atoms with Crippen molar-refractivity contribution in [2.45, 2.75) is 0 Å². The summed E-state index contributed by atoms with van der Waals surface area (Å²) in [6, 6.07) is 0. The van der Waals surface area contributed by atoms with Crippen LogP contribution < -0.4 is 0 Å². The molecular weight excluding hydrogens is 74.0 g/mol. The van der Waals surface area contributed by atoms with Crippen molar-refractivity contribution in [3.8, 4) is 0 Å². The van der Waals surface area contributed by atoms with Gasteiger partial charge in [-0.3, -0.25) is 0 Å². The molecule has 0 N–H and O–H groups in total.